The minimum atomic E-state index is -0.139. The van der Waals surface area contributed by atoms with E-state index in [9.17, 15) is 0 Å². The second kappa shape index (κ2) is 4.60. The summed E-state index contributed by atoms with van der Waals surface area (Å²) in [6, 6.07) is 0. The van der Waals surface area contributed by atoms with Crippen LogP contribution in [0.1, 0.15) is 0 Å². The molecule has 0 rings (SSSR count). The van der Waals surface area contributed by atoms with Crippen molar-refractivity contribution >= 4 is 22.6 Å². The maximum absolute atomic E-state index is 2.31. The van der Waals surface area contributed by atoms with E-state index in [0.717, 1.165) is 0 Å². The van der Waals surface area contributed by atoms with Gasteiger partial charge >= 0.3 is 0 Å². The summed E-state index contributed by atoms with van der Waals surface area (Å²) in [7, 11) is 0. The van der Waals surface area contributed by atoms with Crippen LogP contribution in [0.4, 0.5) is 0 Å². The molecule has 0 fully saturated rings. The van der Waals surface area contributed by atoms with Gasteiger partial charge in [0.25, 0.3) is 14.1 Å². The Bertz CT molecular complexity index is 11.6. The summed E-state index contributed by atoms with van der Waals surface area (Å²) in [6.07, 6.45) is 0. The Morgan fingerprint density at radius 3 is 1.00 bits per heavy atom. The molecule has 0 bridgehead atoms. The summed E-state index contributed by atoms with van der Waals surface area (Å²) in [5.74, 6) is 6.92. The second-order valence-electron chi connectivity index (χ2n) is 1.73. The molecule has 0 aromatic carbocycles. The van der Waals surface area contributed by atoms with Gasteiger partial charge in [-0.05, 0) is 0 Å². The minimum Gasteiger partial charge on any atom is -0.106 e. The quantitative estimate of drug-likeness (QED) is 0.369. The topological polar surface area (TPSA) is 0 Å². The highest BCUT2D eigenvalue weighted by Crippen LogP contribution is 1.68. The fourth-order valence-corrected chi connectivity index (χ4v) is 0. The lowest BCUT2D eigenvalue weighted by molar-refractivity contribution is 1.91. The first-order valence-corrected chi connectivity index (χ1v) is 5.20. The van der Waals surface area contributed by atoms with Crippen LogP contribution >= 0.6 is 0 Å². The zero-order valence-electron chi connectivity index (χ0n) is 3.58. The molecule has 0 spiro atoms. The van der Waals surface area contributed by atoms with Gasteiger partial charge in [-0.1, -0.05) is 0 Å². The molecule has 0 aliphatic carbocycles. The van der Waals surface area contributed by atoms with Crippen LogP contribution in [0.2, 0.25) is 17.4 Å². The monoisotopic (exact) mass is 86.1 g/mol. The highest BCUT2D eigenvalue weighted by molar-refractivity contribution is 6.54. The van der Waals surface area contributed by atoms with Crippen molar-refractivity contribution in [3.05, 3.63) is 0 Å². The maximum Gasteiger partial charge on any atom is 0.251 e. The van der Waals surface area contributed by atoms with Crippen molar-refractivity contribution < 1.29 is 0 Å². The van der Waals surface area contributed by atoms with E-state index >= 15 is 0 Å². The molecular weight excluding hydrogens is 73.8 g/mol. The molecule has 0 N–H and O–H groups in total. The first-order chi connectivity index (χ1) is 1.73. The molecule has 0 saturated heterocycles. The lowest BCUT2D eigenvalue weighted by atomic mass is 10.8. The van der Waals surface area contributed by atoms with Gasteiger partial charge in [-0.25, -0.2) is 0 Å². The molecular formula is C3H12AlB. The fraction of sp³-hybridized carbons (Fsp3) is 1.00. The molecule has 0 atom stereocenters. The van der Waals surface area contributed by atoms with Crippen LogP contribution in [0, 0.1) is 0 Å². The van der Waals surface area contributed by atoms with Crippen molar-refractivity contribution in [3.63, 3.8) is 0 Å². The molecule has 2 heteroatoms. The fourth-order valence-electron chi connectivity index (χ4n) is 0. The molecule has 0 aromatic rings. The minimum absolute atomic E-state index is 0. The van der Waals surface area contributed by atoms with Crippen molar-refractivity contribution in [2.75, 3.05) is 0 Å². The maximum atomic E-state index is 2.31. The van der Waals surface area contributed by atoms with Crippen LogP contribution in [0.3, 0.4) is 0 Å². The van der Waals surface area contributed by atoms with E-state index in [1.54, 1.807) is 0 Å². The van der Waals surface area contributed by atoms with Crippen molar-refractivity contribution in [1.29, 1.82) is 0 Å². The highest BCUT2D eigenvalue weighted by Gasteiger charge is 1.81. The third-order valence-electron chi connectivity index (χ3n) is 0. The Kier molecular flexibility index (Phi) is 8.41. The van der Waals surface area contributed by atoms with Crippen molar-refractivity contribution in [3.8, 4) is 0 Å². The first kappa shape index (κ1) is 9.14. The summed E-state index contributed by atoms with van der Waals surface area (Å²) in [5, 5.41) is 0. The van der Waals surface area contributed by atoms with Gasteiger partial charge in [-0.15, -0.1) is 17.4 Å². The second-order valence-corrected chi connectivity index (χ2v) is 5.20. The Morgan fingerprint density at radius 2 is 1.00 bits per heavy atom. The first-order valence-electron chi connectivity index (χ1n) is 1.73. The smallest absolute Gasteiger partial charge is 0.106 e. The Morgan fingerprint density at radius 1 is 1.00 bits per heavy atom. The molecule has 5 heavy (non-hydrogen) atoms. The van der Waals surface area contributed by atoms with Gasteiger partial charge in [0.2, 0.25) is 0 Å². The molecule has 0 aliphatic rings. The van der Waals surface area contributed by atoms with E-state index in [1.807, 2.05) is 0 Å². The van der Waals surface area contributed by atoms with Gasteiger partial charge in [-0.2, -0.15) is 0 Å². The van der Waals surface area contributed by atoms with Crippen molar-refractivity contribution in [1.82, 2.24) is 0 Å². The molecule has 0 saturated carbocycles. The van der Waals surface area contributed by atoms with Gasteiger partial charge in [0.05, 0.1) is 8.41 Å². The number of hydrogen-bond donors (Lipinski definition) is 0. The van der Waals surface area contributed by atoms with Gasteiger partial charge in [0.1, 0.15) is 0 Å². The van der Waals surface area contributed by atoms with Crippen LogP contribution in [-0.4, -0.2) is 22.6 Å². The van der Waals surface area contributed by atoms with Crippen LogP contribution < -0.4 is 0 Å². The van der Waals surface area contributed by atoms with Gasteiger partial charge in [0.15, 0.2) is 0 Å². The molecule has 30 valence electrons. The summed E-state index contributed by atoms with van der Waals surface area (Å²) in [5.41, 5.74) is 0. The molecule has 0 unspecified atom stereocenters. The molecule has 0 heterocycles. The Labute approximate surface area is 40.5 Å². The van der Waals surface area contributed by atoms with Crippen LogP contribution in [0.25, 0.3) is 0 Å². The van der Waals surface area contributed by atoms with E-state index < -0.39 is 0 Å². The third kappa shape index (κ3) is 86.9. The zero-order chi connectivity index (χ0) is 3.58. The van der Waals surface area contributed by atoms with Crippen LogP contribution in [0.15, 0.2) is 0 Å². The average molecular weight is 85.9 g/mol. The summed E-state index contributed by atoms with van der Waals surface area (Å²) in [6.45, 7) is 0. The molecule has 0 nitrogen and oxygen atoms in total. The van der Waals surface area contributed by atoms with E-state index in [-0.39, 0.29) is 22.6 Å². The van der Waals surface area contributed by atoms with E-state index in [1.165, 1.54) is 0 Å². The lowest BCUT2D eigenvalue weighted by Gasteiger charge is -1.67. The SMILES string of the molecule is B.[CH3][Al]([CH3])[CH3]. The van der Waals surface area contributed by atoms with E-state index in [0.29, 0.717) is 0 Å². The predicted octanol–water partition coefficient (Wildman–Crippen LogP) is 0.187. The van der Waals surface area contributed by atoms with Gasteiger partial charge in [0, 0.05) is 0 Å². The zero-order valence-corrected chi connectivity index (χ0v) is 4.73. The largest absolute Gasteiger partial charge is 0.251 e. The van der Waals surface area contributed by atoms with Crippen LogP contribution in [-0.2, 0) is 0 Å². The van der Waals surface area contributed by atoms with Crippen molar-refractivity contribution in [2.45, 2.75) is 17.4 Å². The molecule has 0 aliphatic heterocycles. The van der Waals surface area contributed by atoms with Crippen LogP contribution in [0.5, 0.6) is 0 Å². The normalized spacial score (nSPS) is 5.40. The van der Waals surface area contributed by atoms with Gasteiger partial charge in [-0.3, -0.25) is 0 Å². The lowest BCUT2D eigenvalue weighted by Crippen LogP contribution is -1.84. The summed E-state index contributed by atoms with van der Waals surface area (Å²) < 4.78 is 0. The highest BCUT2D eigenvalue weighted by atomic mass is 27.2. The number of hydrogen-bond acceptors (Lipinski definition) is 0. The summed E-state index contributed by atoms with van der Waals surface area (Å²) in [4.78, 5) is 0. The Hall–Kier alpha value is 0.597. The average Bonchev–Trinajstić information content (AvgIpc) is 0.811. The standard InChI is InChI=1S/3CH3.Al.BH3/h3*1H3;;1H3. The van der Waals surface area contributed by atoms with E-state index in [2.05, 4.69) is 17.4 Å². The third-order valence-corrected chi connectivity index (χ3v) is 0. The molecule has 0 aromatic heterocycles. The Balaban J connectivity index is 0. The molecule has 0 radical (unpaired) electrons. The summed E-state index contributed by atoms with van der Waals surface area (Å²) >= 11 is -0.139. The van der Waals surface area contributed by atoms with Gasteiger partial charge < -0.3 is 0 Å². The predicted molar refractivity (Wildman–Crippen MR) is 33.3 cm³/mol. The van der Waals surface area contributed by atoms with E-state index in [4.69, 9.17) is 0 Å². The molecule has 0 amide bonds. The van der Waals surface area contributed by atoms with Crippen molar-refractivity contribution in [2.24, 2.45) is 0 Å². The number of rotatable bonds is 0.